The summed E-state index contributed by atoms with van der Waals surface area (Å²) >= 11 is 1.69. The molecule has 0 aliphatic heterocycles. The minimum absolute atomic E-state index is 0.419. The summed E-state index contributed by atoms with van der Waals surface area (Å²) in [5, 5.41) is 16.1. The zero-order chi connectivity index (χ0) is 18.2. The molecule has 2 heterocycles. The van der Waals surface area contributed by atoms with Gasteiger partial charge >= 0.3 is 0 Å². The second kappa shape index (κ2) is 6.53. The number of nitrogens with zero attached hydrogens (tertiary/aromatic N) is 3. The van der Waals surface area contributed by atoms with Crippen LogP contribution in [0, 0.1) is 11.3 Å². The molecule has 1 aliphatic rings. The van der Waals surface area contributed by atoms with Crippen LogP contribution in [-0.2, 0) is 0 Å². The Morgan fingerprint density at radius 1 is 1.19 bits per heavy atom. The topological polar surface area (TPSA) is 77.4 Å². The lowest BCUT2D eigenvalue weighted by Gasteiger charge is -2.13. The van der Waals surface area contributed by atoms with Crippen molar-refractivity contribution in [1.82, 2.24) is 15.0 Å². The van der Waals surface area contributed by atoms with Crippen LogP contribution >= 0.6 is 11.3 Å². The standard InChI is InChI=1S/C21H17N5S/c22-10-19(25-16-7-8-17-18(9-16)24-12-23-17)13-3-5-15(6-4-13)21-26-20(11-27-21)14-1-2-14/h3-9,11-12,14,19,25H,1-2H2,(H,23,24). The molecule has 0 amide bonds. The summed E-state index contributed by atoms with van der Waals surface area (Å²) in [6, 6.07) is 15.9. The van der Waals surface area contributed by atoms with Gasteiger partial charge < -0.3 is 10.3 Å². The van der Waals surface area contributed by atoms with E-state index in [1.807, 2.05) is 30.3 Å². The van der Waals surface area contributed by atoms with Crippen molar-refractivity contribution in [3.05, 3.63) is 65.4 Å². The van der Waals surface area contributed by atoms with Crippen LogP contribution in [0.1, 0.15) is 36.1 Å². The van der Waals surface area contributed by atoms with E-state index >= 15 is 0 Å². The van der Waals surface area contributed by atoms with Crippen LogP contribution in [0.3, 0.4) is 0 Å². The van der Waals surface area contributed by atoms with Gasteiger partial charge in [-0.05, 0) is 36.6 Å². The lowest BCUT2D eigenvalue weighted by molar-refractivity contribution is 0.998. The second-order valence-electron chi connectivity index (χ2n) is 6.81. The van der Waals surface area contributed by atoms with Crippen LogP contribution in [0.25, 0.3) is 21.6 Å². The molecule has 0 spiro atoms. The number of hydrogen-bond acceptors (Lipinski definition) is 5. The minimum atomic E-state index is -0.419. The summed E-state index contributed by atoms with van der Waals surface area (Å²) in [5.74, 6) is 0.675. The number of hydrogen-bond donors (Lipinski definition) is 2. The average molecular weight is 371 g/mol. The maximum atomic E-state index is 9.63. The Labute approximate surface area is 160 Å². The maximum absolute atomic E-state index is 9.63. The highest BCUT2D eigenvalue weighted by atomic mass is 32.1. The lowest BCUT2D eigenvalue weighted by atomic mass is 10.1. The predicted molar refractivity (Wildman–Crippen MR) is 108 cm³/mol. The van der Waals surface area contributed by atoms with Crippen molar-refractivity contribution in [2.75, 3.05) is 5.32 Å². The summed E-state index contributed by atoms with van der Waals surface area (Å²) in [6.07, 6.45) is 4.20. The highest BCUT2D eigenvalue weighted by molar-refractivity contribution is 7.13. The number of fused-ring (bicyclic) bond motifs is 1. The van der Waals surface area contributed by atoms with Gasteiger partial charge in [0.15, 0.2) is 0 Å². The first-order valence-electron chi connectivity index (χ1n) is 8.95. The molecule has 0 radical (unpaired) electrons. The number of anilines is 1. The molecule has 6 heteroatoms. The van der Waals surface area contributed by atoms with E-state index in [1.54, 1.807) is 17.7 Å². The molecule has 1 atom stereocenters. The Morgan fingerprint density at radius 3 is 2.81 bits per heavy atom. The van der Waals surface area contributed by atoms with E-state index in [4.69, 9.17) is 4.98 Å². The van der Waals surface area contributed by atoms with Gasteiger partial charge in [0.05, 0.1) is 29.1 Å². The monoisotopic (exact) mass is 371 g/mol. The highest BCUT2D eigenvalue weighted by Gasteiger charge is 2.26. The first kappa shape index (κ1) is 16.0. The molecule has 1 unspecified atom stereocenters. The molecule has 0 saturated heterocycles. The second-order valence-corrected chi connectivity index (χ2v) is 7.67. The molecule has 132 valence electrons. The van der Waals surface area contributed by atoms with Gasteiger partial charge in [0.25, 0.3) is 0 Å². The molecule has 5 rings (SSSR count). The van der Waals surface area contributed by atoms with Gasteiger partial charge in [0, 0.05) is 22.5 Å². The molecule has 2 aromatic heterocycles. The van der Waals surface area contributed by atoms with E-state index in [1.165, 1.54) is 18.5 Å². The molecule has 0 bridgehead atoms. The first-order valence-corrected chi connectivity index (χ1v) is 9.83. The molecule has 4 aromatic rings. The fraction of sp³-hybridized carbons (Fsp3) is 0.190. The van der Waals surface area contributed by atoms with Gasteiger partial charge in [-0.25, -0.2) is 9.97 Å². The number of aromatic amines is 1. The number of thiazole rings is 1. The molecule has 1 saturated carbocycles. The zero-order valence-corrected chi connectivity index (χ0v) is 15.3. The fourth-order valence-corrected chi connectivity index (χ4v) is 4.09. The van der Waals surface area contributed by atoms with Gasteiger partial charge in [-0.1, -0.05) is 24.3 Å². The average Bonchev–Trinajstić information content (AvgIpc) is 3.25. The van der Waals surface area contributed by atoms with Crippen molar-refractivity contribution in [1.29, 1.82) is 5.26 Å². The van der Waals surface area contributed by atoms with Crippen molar-refractivity contribution >= 4 is 28.1 Å². The normalized spacial score (nSPS) is 14.8. The van der Waals surface area contributed by atoms with Crippen molar-refractivity contribution in [2.45, 2.75) is 24.8 Å². The van der Waals surface area contributed by atoms with E-state index in [-0.39, 0.29) is 0 Å². The van der Waals surface area contributed by atoms with E-state index < -0.39 is 6.04 Å². The van der Waals surface area contributed by atoms with Crippen molar-refractivity contribution in [3.8, 4) is 16.6 Å². The molecule has 5 nitrogen and oxygen atoms in total. The number of aromatic nitrogens is 3. The van der Waals surface area contributed by atoms with E-state index in [0.717, 1.165) is 32.9 Å². The van der Waals surface area contributed by atoms with E-state index in [9.17, 15) is 5.26 Å². The van der Waals surface area contributed by atoms with Crippen LogP contribution in [0.15, 0.2) is 54.2 Å². The SMILES string of the molecule is N#CC(Nc1ccc2nc[nH]c2c1)c1ccc(-c2nc(C3CC3)cs2)cc1. The number of H-pyrrole nitrogens is 1. The lowest BCUT2D eigenvalue weighted by Crippen LogP contribution is -2.08. The van der Waals surface area contributed by atoms with E-state index in [0.29, 0.717) is 5.92 Å². The third-order valence-corrected chi connectivity index (χ3v) is 5.78. The Kier molecular flexibility index (Phi) is 3.88. The van der Waals surface area contributed by atoms with Crippen molar-refractivity contribution < 1.29 is 0 Å². The molecule has 2 N–H and O–H groups in total. The van der Waals surface area contributed by atoms with Crippen LogP contribution in [-0.4, -0.2) is 15.0 Å². The third kappa shape index (κ3) is 3.18. The van der Waals surface area contributed by atoms with Gasteiger partial charge in [0.1, 0.15) is 11.0 Å². The zero-order valence-electron chi connectivity index (χ0n) is 14.5. The summed E-state index contributed by atoms with van der Waals surface area (Å²) in [4.78, 5) is 12.1. The highest BCUT2D eigenvalue weighted by Crippen LogP contribution is 2.41. The minimum Gasteiger partial charge on any atom is -0.366 e. The Balaban J connectivity index is 1.36. The van der Waals surface area contributed by atoms with Crippen molar-refractivity contribution in [3.63, 3.8) is 0 Å². The van der Waals surface area contributed by atoms with Gasteiger partial charge in [-0.2, -0.15) is 5.26 Å². The number of benzene rings is 2. The molecular formula is C21H17N5S. The summed E-state index contributed by atoms with van der Waals surface area (Å²) in [5.41, 5.74) is 6.01. The van der Waals surface area contributed by atoms with Crippen LogP contribution in [0.5, 0.6) is 0 Å². The first-order chi connectivity index (χ1) is 13.3. The van der Waals surface area contributed by atoms with Crippen LogP contribution in [0.4, 0.5) is 5.69 Å². The molecule has 1 aliphatic carbocycles. The molecule has 2 aromatic carbocycles. The quantitative estimate of drug-likeness (QED) is 0.503. The number of nitriles is 1. The maximum Gasteiger partial charge on any atom is 0.140 e. The molecule has 1 fully saturated rings. The van der Waals surface area contributed by atoms with Gasteiger partial charge in [-0.3, -0.25) is 0 Å². The van der Waals surface area contributed by atoms with E-state index in [2.05, 4.69) is 38.9 Å². The van der Waals surface area contributed by atoms with Gasteiger partial charge in [0.2, 0.25) is 0 Å². The number of imidazole rings is 1. The Morgan fingerprint density at radius 2 is 2.04 bits per heavy atom. The third-order valence-electron chi connectivity index (χ3n) is 4.87. The summed E-state index contributed by atoms with van der Waals surface area (Å²) < 4.78 is 0. The van der Waals surface area contributed by atoms with Gasteiger partial charge in [-0.15, -0.1) is 11.3 Å². The molecular weight excluding hydrogens is 354 g/mol. The number of nitrogens with one attached hydrogen (secondary N) is 2. The van der Waals surface area contributed by atoms with Crippen LogP contribution < -0.4 is 5.32 Å². The molecule has 27 heavy (non-hydrogen) atoms. The Bertz CT molecular complexity index is 1130. The predicted octanol–water partition coefficient (Wildman–Crippen LogP) is 5.24. The smallest absolute Gasteiger partial charge is 0.140 e. The van der Waals surface area contributed by atoms with Crippen LogP contribution in [0.2, 0.25) is 0 Å². The summed E-state index contributed by atoms with van der Waals surface area (Å²) in [7, 11) is 0. The van der Waals surface area contributed by atoms with Crippen molar-refractivity contribution in [2.24, 2.45) is 0 Å². The Hall–Kier alpha value is -3.17. The fourth-order valence-electron chi connectivity index (χ4n) is 3.19. The largest absolute Gasteiger partial charge is 0.366 e. The summed E-state index contributed by atoms with van der Waals surface area (Å²) in [6.45, 7) is 0. The number of rotatable bonds is 5.